The van der Waals surface area contributed by atoms with Gasteiger partial charge in [-0.05, 0) is 12.1 Å². The Balaban J connectivity index is 1.47. The Morgan fingerprint density at radius 1 is 0.960 bits per heavy atom. The molecule has 0 aliphatic heterocycles. The van der Waals surface area contributed by atoms with Crippen molar-refractivity contribution in [2.45, 2.75) is 6.42 Å². The van der Waals surface area contributed by atoms with Gasteiger partial charge < -0.3 is 10.6 Å². The number of carbonyl (C=O) groups excluding carboxylic acids is 2. The third-order valence-corrected chi connectivity index (χ3v) is 4.25. The molecule has 0 spiro atoms. The van der Waals surface area contributed by atoms with Gasteiger partial charge in [0.25, 0.3) is 5.91 Å². The van der Waals surface area contributed by atoms with E-state index in [0.717, 1.165) is 11.3 Å². The molecule has 0 aliphatic carbocycles. The molecule has 6 heteroatoms. The van der Waals surface area contributed by atoms with Crippen LogP contribution in [-0.2, 0) is 4.79 Å². The van der Waals surface area contributed by atoms with E-state index >= 15 is 0 Å². The molecule has 1 heterocycles. The predicted molar refractivity (Wildman–Crippen MR) is 99.6 cm³/mol. The Kier molecular flexibility index (Phi) is 5.53. The molecule has 0 saturated heterocycles. The lowest BCUT2D eigenvalue weighted by Gasteiger charge is -2.05. The van der Waals surface area contributed by atoms with Gasteiger partial charge in [0.15, 0.2) is 5.13 Å². The smallest absolute Gasteiger partial charge is 0.251 e. The van der Waals surface area contributed by atoms with E-state index in [9.17, 15) is 9.59 Å². The third kappa shape index (κ3) is 4.74. The zero-order chi connectivity index (χ0) is 17.5. The zero-order valence-electron chi connectivity index (χ0n) is 13.4. The van der Waals surface area contributed by atoms with E-state index in [4.69, 9.17) is 0 Å². The SMILES string of the molecule is O=C(CCNC(=O)c1ccccc1)Nc1nc(-c2ccccc2)cs1. The molecule has 1 aromatic heterocycles. The number of aromatic nitrogens is 1. The molecule has 5 nitrogen and oxygen atoms in total. The number of amides is 2. The Morgan fingerprint density at radius 3 is 2.36 bits per heavy atom. The number of hydrogen-bond acceptors (Lipinski definition) is 4. The van der Waals surface area contributed by atoms with Crippen LogP contribution in [0, 0.1) is 0 Å². The van der Waals surface area contributed by atoms with Crippen LogP contribution in [0.1, 0.15) is 16.8 Å². The second kappa shape index (κ2) is 8.21. The van der Waals surface area contributed by atoms with Gasteiger partial charge in [0, 0.05) is 29.5 Å². The topological polar surface area (TPSA) is 71.1 Å². The molecular weight excluding hydrogens is 334 g/mol. The predicted octanol–water partition coefficient (Wildman–Crippen LogP) is 3.57. The minimum Gasteiger partial charge on any atom is -0.352 e. The molecule has 0 radical (unpaired) electrons. The highest BCUT2D eigenvalue weighted by Crippen LogP contribution is 2.24. The monoisotopic (exact) mass is 351 g/mol. The van der Waals surface area contributed by atoms with Crippen LogP contribution < -0.4 is 10.6 Å². The summed E-state index contributed by atoms with van der Waals surface area (Å²) < 4.78 is 0. The lowest BCUT2D eigenvalue weighted by Crippen LogP contribution is -2.27. The molecule has 25 heavy (non-hydrogen) atoms. The summed E-state index contributed by atoms with van der Waals surface area (Å²) in [7, 11) is 0. The van der Waals surface area contributed by atoms with Crippen LogP contribution in [0.25, 0.3) is 11.3 Å². The number of rotatable bonds is 6. The first-order valence-electron chi connectivity index (χ1n) is 7.86. The normalized spacial score (nSPS) is 10.2. The van der Waals surface area contributed by atoms with Crippen LogP contribution in [-0.4, -0.2) is 23.3 Å². The quantitative estimate of drug-likeness (QED) is 0.713. The molecule has 0 bridgehead atoms. The Labute approximate surface area is 149 Å². The fourth-order valence-electron chi connectivity index (χ4n) is 2.24. The number of hydrogen-bond donors (Lipinski definition) is 2. The molecule has 3 aromatic rings. The van der Waals surface area contributed by atoms with E-state index in [1.807, 2.05) is 41.8 Å². The second-order valence-corrected chi connectivity index (χ2v) is 6.18. The highest BCUT2D eigenvalue weighted by atomic mass is 32.1. The summed E-state index contributed by atoms with van der Waals surface area (Å²) in [6, 6.07) is 18.7. The number of nitrogens with one attached hydrogen (secondary N) is 2. The molecular formula is C19H17N3O2S. The maximum absolute atomic E-state index is 12.0. The molecule has 0 saturated carbocycles. The lowest BCUT2D eigenvalue weighted by atomic mass is 10.2. The lowest BCUT2D eigenvalue weighted by molar-refractivity contribution is -0.116. The van der Waals surface area contributed by atoms with Crippen molar-refractivity contribution >= 4 is 28.3 Å². The van der Waals surface area contributed by atoms with Crippen LogP contribution >= 0.6 is 11.3 Å². The third-order valence-electron chi connectivity index (χ3n) is 3.49. The number of nitrogens with zero attached hydrogens (tertiary/aromatic N) is 1. The van der Waals surface area contributed by atoms with Gasteiger partial charge in [0.05, 0.1) is 5.69 Å². The van der Waals surface area contributed by atoms with E-state index < -0.39 is 0 Å². The van der Waals surface area contributed by atoms with Gasteiger partial charge in [0.2, 0.25) is 5.91 Å². The summed E-state index contributed by atoms with van der Waals surface area (Å²) in [6.07, 6.45) is 0.193. The minimum atomic E-state index is -0.186. The van der Waals surface area contributed by atoms with Crippen molar-refractivity contribution in [1.82, 2.24) is 10.3 Å². The average Bonchev–Trinajstić information content (AvgIpc) is 3.11. The number of carbonyl (C=O) groups is 2. The summed E-state index contributed by atoms with van der Waals surface area (Å²) in [5, 5.41) is 7.95. The molecule has 126 valence electrons. The first-order valence-corrected chi connectivity index (χ1v) is 8.74. The maximum Gasteiger partial charge on any atom is 0.251 e. The molecule has 0 aliphatic rings. The van der Waals surface area contributed by atoms with Crippen molar-refractivity contribution in [1.29, 1.82) is 0 Å². The van der Waals surface area contributed by atoms with Crippen molar-refractivity contribution < 1.29 is 9.59 Å². The molecule has 0 atom stereocenters. The van der Waals surface area contributed by atoms with Crippen LogP contribution in [0.3, 0.4) is 0 Å². The van der Waals surface area contributed by atoms with Gasteiger partial charge in [-0.15, -0.1) is 11.3 Å². The van der Waals surface area contributed by atoms with E-state index in [-0.39, 0.29) is 24.8 Å². The van der Waals surface area contributed by atoms with Crippen LogP contribution in [0.15, 0.2) is 66.0 Å². The fourth-order valence-corrected chi connectivity index (χ4v) is 2.97. The van der Waals surface area contributed by atoms with Gasteiger partial charge in [0.1, 0.15) is 0 Å². The summed E-state index contributed by atoms with van der Waals surface area (Å²) >= 11 is 1.38. The van der Waals surface area contributed by atoms with Gasteiger partial charge in [-0.3, -0.25) is 9.59 Å². The summed E-state index contributed by atoms with van der Waals surface area (Å²) in [6.45, 7) is 0.274. The fraction of sp³-hybridized carbons (Fsp3) is 0.105. The van der Waals surface area contributed by atoms with E-state index in [1.54, 1.807) is 24.3 Å². The summed E-state index contributed by atoms with van der Waals surface area (Å²) in [5.74, 6) is -0.365. The Hall–Kier alpha value is -2.99. The molecule has 2 amide bonds. The largest absolute Gasteiger partial charge is 0.352 e. The van der Waals surface area contributed by atoms with Crippen molar-refractivity contribution in [2.75, 3.05) is 11.9 Å². The van der Waals surface area contributed by atoms with Crippen molar-refractivity contribution in [3.8, 4) is 11.3 Å². The van der Waals surface area contributed by atoms with Crippen molar-refractivity contribution in [3.63, 3.8) is 0 Å². The number of anilines is 1. The van der Waals surface area contributed by atoms with E-state index in [2.05, 4.69) is 15.6 Å². The molecule has 0 fully saturated rings. The maximum atomic E-state index is 12.0. The van der Waals surface area contributed by atoms with Gasteiger partial charge in [-0.1, -0.05) is 48.5 Å². The summed E-state index contributed by atoms with van der Waals surface area (Å²) in [4.78, 5) is 28.3. The second-order valence-electron chi connectivity index (χ2n) is 5.32. The van der Waals surface area contributed by atoms with Crippen molar-refractivity contribution in [2.24, 2.45) is 0 Å². The van der Waals surface area contributed by atoms with Gasteiger partial charge in [-0.2, -0.15) is 0 Å². The number of thiazole rings is 1. The summed E-state index contributed by atoms with van der Waals surface area (Å²) in [5.41, 5.74) is 2.42. The first-order chi connectivity index (χ1) is 12.2. The zero-order valence-corrected chi connectivity index (χ0v) is 14.3. The van der Waals surface area contributed by atoms with Crippen LogP contribution in [0.4, 0.5) is 5.13 Å². The van der Waals surface area contributed by atoms with Gasteiger partial charge >= 0.3 is 0 Å². The average molecular weight is 351 g/mol. The number of benzene rings is 2. The molecule has 2 aromatic carbocycles. The van der Waals surface area contributed by atoms with E-state index in [0.29, 0.717) is 10.7 Å². The Morgan fingerprint density at radius 2 is 1.64 bits per heavy atom. The van der Waals surface area contributed by atoms with Crippen LogP contribution in [0.5, 0.6) is 0 Å². The molecule has 3 rings (SSSR count). The highest BCUT2D eigenvalue weighted by Gasteiger charge is 2.09. The highest BCUT2D eigenvalue weighted by molar-refractivity contribution is 7.14. The van der Waals surface area contributed by atoms with Gasteiger partial charge in [-0.25, -0.2) is 4.98 Å². The molecule has 2 N–H and O–H groups in total. The van der Waals surface area contributed by atoms with Crippen molar-refractivity contribution in [3.05, 3.63) is 71.6 Å². The first kappa shape index (κ1) is 16.9. The Bertz CT molecular complexity index is 847. The van der Waals surface area contributed by atoms with E-state index in [1.165, 1.54) is 11.3 Å². The molecule has 0 unspecified atom stereocenters. The standard InChI is InChI=1S/C19H17N3O2S/c23-17(11-12-20-18(24)15-9-5-2-6-10-15)22-19-21-16(13-25-19)14-7-3-1-4-8-14/h1-10,13H,11-12H2,(H,20,24)(H,21,22,23). The van der Waals surface area contributed by atoms with Crippen LogP contribution in [0.2, 0.25) is 0 Å². The minimum absolute atomic E-state index is 0.178.